The summed E-state index contributed by atoms with van der Waals surface area (Å²) in [6.45, 7) is 6.56. The Hall–Kier alpha value is -2.82. The predicted molar refractivity (Wildman–Crippen MR) is 107 cm³/mol. The average Bonchev–Trinajstić information content (AvgIpc) is 2.76. The van der Waals surface area contributed by atoms with Gasteiger partial charge in [0.05, 0.1) is 18.4 Å². The van der Waals surface area contributed by atoms with Crippen LogP contribution in [0.1, 0.15) is 37.6 Å². The van der Waals surface area contributed by atoms with Crippen LogP contribution in [-0.2, 0) is 4.79 Å². The van der Waals surface area contributed by atoms with Crippen molar-refractivity contribution in [3.05, 3.63) is 48.0 Å². The molecule has 3 rings (SSSR count). The fraction of sp³-hybridized carbons (Fsp3) is 0.364. The fourth-order valence-electron chi connectivity index (χ4n) is 3.48. The standard InChI is InChI=1S/C22H26N2O3/c1-5-24-20-11-8-16(15-6-9-17(27-4)10-7-15)13-18(20)21(25)23-19(22(24)26)12-14(2)3/h6-11,13-14,19H,5,12H2,1-4H3,(H,23,25)/t19-/m0/s1. The number of carbonyl (C=O) groups is 2. The van der Waals surface area contributed by atoms with Gasteiger partial charge in [0.2, 0.25) is 5.91 Å². The highest BCUT2D eigenvalue weighted by atomic mass is 16.5. The zero-order valence-electron chi connectivity index (χ0n) is 16.3. The number of amides is 2. The van der Waals surface area contributed by atoms with E-state index in [1.165, 1.54) is 0 Å². The van der Waals surface area contributed by atoms with Crippen molar-refractivity contribution in [2.45, 2.75) is 33.2 Å². The summed E-state index contributed by atoms with van der Waals surface area (Å²) in [6.07, 6.45) is 0.625. The van der Waals surface area contributed by atoms with Gasteiger partial charge in [0, 0.05) is 6.54 Å². The molecule has 0 saturated carbocycles. The molecule has 1 aliphatic rings. The summed E-state index contributed by atoms with van der Waals surface area (Å²) < 4.78 is 5.20. The van der Waals surface area contributed by atoms with E-state index < -0.39 is 6.04 Å². The van der Waals surface area contributed by atoms with E-state index >= 15 is 0 Å². The predicted octanol–water partition coefficient (Wildman–Crippen LogP) is 3.87. The van der Waals surface area contributed by atoms with Gasteiger partial charge >= 0.3 is 0 Å². The van der Waals surface area contributed by atoms with Crippen molar-refractivity contribution in [1.82, 2.24) is 5.32 Å². The summed E-state index contributed by atoms with van der Waals surface area (Å²) in [6, 6.07) is 12.9. The van der Waals surface area contributed by atoms with E-state index in [1.54, 1.807) is 12.0 Å². The summed E-state index contributed by atoms with van der Waals surface area (Å²) in [5, 5.41) is 2.93. The quantitative estimate of drug-likeness (QED) is 0.874. The van der Waals surface area contributed by atoms with Crippen LogP contribution in [0.25, 0.3) is 11.1 Å². The molecular formula is C22H26N2O3. The molecule has 1 atom stereocenters. The Labute approximate surface area is 160 Å². The third-order valence-corrected chi connectivity index (χ3v) is 4.85. The Morgan fingerprint density at radius 1 is 1.07 bits per heavy atom. The first kappa shape index (κ1) is 19.0. The number of ether oxygens (including phenoxy) is 1. The van der Waals surface area contributed by atoms with Crippen molar-refractivity contribution < 1.29 is 14.3 Å². The Kier molecular flexibility index (Phi) is 5.49. The normalized spacial score (nSPS) is 16.8. The minimum absolute atomic E-state index is 0.0458. The summed E-state index contributed by atoms with van der Waals surface area (Å²) in [7, 11) is 1.63. The third kappa shape index (κ3) is 3.82. The van der Waals surface area contributed by atoms with Gasteiger partial charge in [-0.05, 0) is 54.7 Å². The van der Waals surface area contributed by atoms with Gasteiger partial charge in [-0.2, -0.15) is 0 Å². The van der Waals surface area contributed by atoms with Gasteiger partial charge in [-0.1, -0.05) is 32.0 Å². The number of methoxy groups -OCH3 is 1. The lowest BCUT2D eigenvalue weighted by atomic mass is 10.0. The van der Waals surface area contributed by atoms with Crippen LogP contribution in [0, 0.1) is 5.92 Å². The maximum atomic E-state index is 12.9. The minimum Gasteiger partial charge on any atom is -0.497 e. The Balaban J connectivity index is 2.02. The lowest BCUT2D eigenvalue weighted by Crippen LogP contribution is -2.46. The number of likely N-dealkylation sites (N-methyl/N-ethyl adjacent to an activating group) is 1. The van der Waals surface area contributed by atoms with E-state index in [9.17, 15) is 9.59 Å². The molecule has 2 aromatic carbocycles. The zero-order chi connectivity index (χ0) is 19.6. The first-order valence-electron chi connectivity index (χ1n) is 9.35. The highest BCUT2D eigenvalue weighted by molar-refractivity contribution is 6.11. The van der Waals surface area contributed by atoms with E-state index in [0.717, 1.165) is 16.9 Å². The van der Waals surface area contributed by atoms with Gasteiger partial charge in [-0.25, -0.2) is 0 Å². The largest absolute Gasteiger partial charge is 0.497 e. The van der Waals surface area contributed by atoms with Crippen LogP contribution in [0.3, 0.4) is 0 Å². The van der Waals surface area contributed by atoms with Crippen LogP contribution in [0.5, 0.6) is 5.75 Å². The summed E-state index contributed by atoms with van der Waals surface area (Å²) in [5.74, 6) is 0.852. The molecule has 1 heterocycles. The second-order valence-corrected chi connectivity index (χ2v) is 7.20. The maximum absolute atomic E-state index is 12.9. The highest BCUT2D eigenvalue weighted by Crippen LogP contribution is 2.31. The van der Waals surface area contributed by atoms with Crippen molar-refractivity contribution in [1.29, 1.82) is 0 Å². The smallest absolute Gasteiger partial charge is 0.254 e. The SMILES string of the molecule is CCN1C(=O)[C@H](CC(C)C)NC(=O)c2cc(-c3ccc(OC)cc3)ccc21. The lowest BCUT2D eigenvalue weighted by molar-refractivity contribution is -0.120. The molecule has 0 aliphatic carbocycles. The number of benzene rings is 2. The van der Waals surface area contributed by atoms with Gasteiger partial charge in [-0.3, -0.25) is 9.59 Å². The molecule has 27 heavy (non-hydrogen) atoms. The van der Waals surface area contributed by atoms with E-state index in [-0.39, 0.29) is 11.8 Å². The number of fused-ring (bicyclic) bond motifs is 1. The van der Waals surface area contributed by atoms with Crippen LogP contribution < -0.4 is 15.0 Å². The molecule has 0 aromatic heterocycles. The molecule has 142 valence electrons. The van der Waals surface area contributed by atoms with Crippen LogP contribution in [0.4, 0.5) is 5.69 Å². The highest BCUT2D eigenvalue weighted by Gasteiger charge is 2.33. The average molecular weight is 366 g/mol. The molecule has 1 aliphatic heterocycles. The molecule has 0 fully saturated rings. The van der Waals surface area contributed by atoms with Crippen molar-refractivity contribution >= 4 is 17.5 Å². The fourth-order valence-corrected chi connectivity index (χ4v) is 3.48. The van der Waals surface area contributed by atoms with Gasteiger partial charge in [-0.15, -0.1) is 0 Å². The molecule has 0 unspecified atom stereocenters. The van der Waals surface area contributed by atoms with Crippen LogP contribution in [-0.4, -0.2) is 31.5 Å². The molecule has 1 N–H and O–H groups in total. The van der Waals surface area contributed by atoms with Gasteiger partial charge in [0.15, 0.2) is 0 Å². The zero-order valence-corrected chi connectivity index (χ0v) is 16.3. The van der Waals surface area contributed by atoms with E-state index in [4.69, 9.17) is 4.74 Å². The Morgan fingerprint density at radius 2 is 1.74 bits per heavy atom. The van der Waals surface area contributed by atoms with E-state index in [1.807, 2.05) is 49.4 Å². The molecule has 5 nitrogen and oxygen atoms in total. The van der Waals surface area contributed by atoms with Gasteiger partial charge in [0.1, 0.15) is 11.8 Å². The van der Waals surface area contributed by atoms with E-state index in [2.05, 4.69) is 19.2 Å². The van der Waals surface area contributed by atoms with E-state index in [0.29, 0.717) is 30.1 Å². The third-order valence-electron chi connectivity index (χ3n) is 4.85. The molecule has 2 amide bonds. The number of carbonyl (C=O) groups excluding carboxylic acids is 2. The molecule has 0 radical (unpaired) electrons. The number of rotatable bonds is 5. The second kappa shape index (κ2) is 7.82. The molecule has 0 bridgehead atoms. The summed E-state index contributed by atoms with van der Waals surface area (Å²) >= 11 is 0. The number of hydrogen-bond donors (Lipinski definition) is 1. The Morgan fingerprint density at radius 3 is 2.33 bits per heavy atom. The number of anilines is 1. The van der Waals surface area contributed by atoms with Gasteiger partial charge < -0.3 is 15.0 Å². The number of nitrogens with one attached hydrogen (secondary N) is 1. The molecule has 0 saturated heterocycles. The van der Waals surface area contributed by atoms with Crippen molar-refractivity contribution in [2.24, 2.45) is 5.92 Å². The van der Waals surface area contributed by atoms with Gasteiger partial charge in [0.25, 0.3) is 5.91 Å². The first-order valence-corrected chi connectivity index (χ1v) is 9.35. The van der Waals surface area contributed by atoms with Crippen molar-refractivity contribution in [3.63, 3.8) is 0 Å². The van der Waals surface area contributed by atoms with Crippen LogP contribution >= 0.6 is 0 Å². The molecule has 0 spiro atoms. The maximum Gasteiger partial charge on any atom is 0.254 e. The first-order chi connectivity index (χ1) is 12.9. The van der Waals surface area contributed by atoms with Crippen molar-refractivity contribution in [2.75, 3.05) is 18.6 Å². The lowest BCUT2D eigenvalue weighted by Gasteiger charge is -2.24. The van der Waals surface area contributed by atoms with Crippen LogP contribution in [0.15, 0.2) is 42.5 Å². The monoisotopic (exact) mass is 366 g/mol. The summed E-state index contributed by atoms with van der Waals surface area (Å²) in [4.78, 5) is 27.5. The minimum atomic E-state index is -0.491. The summed E-state index contributed by atoms with van der Waals surface area (Å²) in [5.41, 5.74) is 3.12. The Bertz CT molecular complexity index is 843. The molecule has 5 heteroatoms. The van der Waals surface area contributed by atoms with Crippen molar-refractivity contribution in [3.8, 4) is 16.9 Å². The van der Waals surface area contributed by atoms with Crippen LogP contribution in [0.2, 0.25) is 0 Å². The number of hydrogen-bond acceptors (Lipinski definition) is 3. The molecule has 2 aromatic rings. The molecular weight excluding hydrogens is 340 g/mol. The number of nitrogens with zero attached hydrogens (tertiary/aromatic N) is 1. The topological polar surface area (TPSA) is 58.6 Å². The second-order valence-electron chi connectivity index (χ2n) is 7.20.